The molecule has 2 aromatic rings. The Morgan fingerprint density at radius 2 is 2.00 bits per heavy atom. The molecule has 1 heterocycles. The largest absolute Gasteiger partial charge is 0.494 e. The summed E-state index contributed by atoms with van der Waals surface area (Å²) in [5, 5.41) is 4.08. The van der Waals surface area contributed by atoms with Crippen LogP contribution in [0.4, 0.5) is 10.1 Å². The number of pyridine rings is 1. The topological polar surface area (TPSA) is 34.2 Å². The summed E-state index contributed by atoms with van der Waals surface area (Å²) in [6.07, 6.45) is 4.88. The Morgan fingerprint density at radius 3 is 2.65 bits per heavy atom. The zero-order valence-corrected chi connectivity index (χ0v) is 11.9. The van der Waals surface area contributed by atoms with Crippen molar-refractivity contribution >= 4 is 16.6 Å². The number of hydrogen-bond donors (Lipinski definition) is 1. The van der Waals surface area contributed by atoms with Crippen molar-refractivity contribution in [1.29, 1.82) is 0 Å². The average molecular weight is 274 g/mol. The van der Waals surface area contributed by atoms with E-state index in [1.165, 1.54) is 38.9 Å². The number of fused-ring (bicyclic) bond motifs is 1. The highest BCUT2D eigenvalue weighted by molar-refractivity contribution is 5.92. The van der Waals surface area contributed by atoms with E-state index >= 15 is 0 Å². The molecule has 1 N–H and O–H groups in total. The first kappa shape index (κ1) is 13.2. The molecule has 1 aromatic heterocycles. The predicted molar refractivity (Wildman–Crippen MR) is 79.0 cm³/mol. The molecular weight excluding hydrogens is 255 g/mol. The predicted octanol–water partition coefficient (Wildman–Crippen LogP) is 4.08. The lowest BCUT2D eigenvalue weighted by Gasteiger charge is -2.14. The van der Waals surface area contributed by atoms with E-state index < -0.39 is 0 Å². The summed E-state index contributed by atoms with van der Waals surface area (Å²) in [6, 6.07) is 5.27. The van der Waals surface area contributed by atoms with Gasteiger partial charge in [0.05, 0.1) is 12.6 Å². The van der Waals surface area contributed by atoms with Gasteiger partial charge in [-0.15, -0.1) is 0 Å². The zero-order chi connectivity index (χ0) is 14.1. The van der Waals surface area contributed by atoms with Crippen LogP contribution in [0.25, 0.3) is 10.9 Å². The molecule has 0 atom stereocenters. The smallest absolute Gasteiger partial charge is 0.167 e. The first-order chi connectivity index (χ1) is 9.72. The molecule has 1 aromatic carbocycles. The zero-order valence-electron chi connectivity index (χ0n) is 11.9. The van der Waals surface area contributed by atoms with Crippen LogP contribution in [0, 0.1) is 5.82 Å². The Morgan fingerprint density at radius 1 is 1.25 bits per heavy atom. The van der Waals surface area contributed by atoms with E-state index in [0.717, 1.165) is 16.8 Å². The minimum absolute atomic E-state index is 0.254. The third kappa shape index (κ3) is 2.19. The summed E-state index contributed by atoms with van der Waals surface area (Å²) in [4.78, 5) is 4.67. The van der Waals surface area contributed by atoms with Crippen LogP contribution in [-0.4, -0.2) is 19.1 Å². The van der Waals surface area contributed by atoms with Crippen LogP contribution in [0.2, 0.25) is 0 Å². The summed E-state index contributed by atoms with van der Waals surface area (Å²) in [6.45, 7) is 0. The maximum Gasteiger partial charge on any atom is 0.167 e. The van der Waals surface area contributed by atoms with Crippen LogP contribution in [0.3, 0.4) is 0 Å². The van der Waals surface area contributed by atoms with Crippen LogP contribution >= 0.6 is 0 Å². The van der Waals surface area contributed by atoms with Gasteiger partial charge < -0.3 is 10.1 Å². The van der Waals surface area contributed by atoms with Crippen molar-refractivity contribution < 1.29 is 9.13 Å². The normalized spacial score (nSPS) is 15.8. The molecule has 1 aliphatic rings. The van der Waals surface area contributed by atoms with Crippen molar-refractivity contribution in [3.8, 4) is 5.75 Å². The number of nitrogens with one attached hydrogen (secondary N) is 1. The summed E-state index contributed by atoms with van der Waals surface area (Å²) < 4.78 is 18.9. The summed E-state index contributed by atoms with van der Waals surface area (Å²) in [7, 11) is 3.35. The fraction of sp³-hybridized carbons (Fsp3) is 0.438. The molecule has 0 aliphatic heterocycles. The molecule has 0 bridgehead atoms. The number of hydrogen-bond acceptors (Lipinski definition) is 3. The van der Waals surface area contributed by atoms with Gasteiger partial charge in [0, 0.05) is 35.8 Å². The Hall–Kier alpha value is -1.84. The summed E-state index contributed by atoms with van der Waals surface area (Å²) in [5.41, 5.74) is 2.75. The minimum atomic E-state index is -0.363. The number of aromatic nitrogens is 1. The van der Waals surface area contributed by atoms with E-state index in [9.17, 15) is 4.39 Å². The van der Waals surface area contributed by atoms with Crippen molar-refractivity contribution in [2.75, 3.05) is 19.5 Å². The average Bonchev–Trinajstić information content (AvgIpc) is 2.99. The third-order valence-corrected chi connectivity index (χ3v) is 4.14. The van der Waals surface area contributed by atoms with Gasteiger partial charge in [-0.25, -0.2) is 4.39 Å². The van der Waals surface area contributed by atoms with Gasteiger partial charge >= 0.3 is 0 Å². The second kappa shape index (κ2) is 5.27. The maximum atomic E-state index is 13.9. The van der Waals surface area contributed by atoms with Gasteiger partial charge in [-0.05, 0) is 25.0 Å². The van der Waals surface area contributed by atoms with Gasteiger partial charge in [0.1, 0.15) is 0 Å². The molecule has 4 heteroatoms. The first-order valence-corrected chi connectivity index (χ1v) is 7.09. The van der Waals surface area contributed by atoms with E-state index in [-0.39, 0.29) is 11.6 Å². The number of anilines is 1. The minimum Gasteiger partial charge on any atom is -0.494 e. The lowest BCUT2D eigenvalue weighted by Crippen LogP contribution is -2.01. The fourth-order valence-corrected chi connectivity index (χ4v) is 3.04. The standard InChI is InChI=1S/C16H19FN2O/c1-18-14-9-13(10-5-3-4-6-10)19-15-8-12(17)16(20-2)7-11(14)15/h7-10H,3-6H2,1-2H3,(H,18,19). The van der Waals surface area contributed by atoms with Crippen LogP contribution in [0.1, 0.15) is 37.3 Å². The van der Waals surface area contributed by atoms with E-state index in [0.29, 0.717) is 11.4 Å². The van der Waals surface area contributed by atoms with Crippen LogP contribution in [-0.2, 0) is 0 Å². The van der Waals surface area contributed by atoms with Gasteiger partial charge in [0.25, 0.3) is 0 Å². The molecule has 20 heavy (non-hydrogen) atoms. The highest BCUT2D eigenvalue weighted by Gasteiger charge is 2.20. The molecule has 106 valence electrons. The lowest BCUT2D eigenvalue weighted by atomic mass is 10.0. The summed E-state index contributed by atoms with van der Waals surface area (Å²) >= 11 is 0. The Bertz CT molecular complexity index is 636. The lowest BCUT2D eigenvalue weighted by molar-refractivity contribution is 0.387. The molecule has 1 saturated carbocycles. The van der Waals surface area contributed by atoms with Crippen LogP contribution in [0.5, 0.6) is 5.75 Å². The molecule has 3 nitrogen and oxygen atoms in total. The molecule has 0 unspecified atom stereocenters. The summed E-state index contributed by atoms with van der Waals surface area (Å²) in [5.74, 6) is 0.402. The van der Waals surface area contributed by atoms with Gasteiger partial charge in [0.15, 0.2) is 11.6 Å². The van der Waals surface area contributed by atoms with Crippen molar-refractivity contribution in [1.82, 2.24) is 4.98 Å². The monoisotopic (exact) mass is 274 g/mol. The van der Waals surface area contributed by atoms with Gasteiger partial charge in [0.2, 0.25) is 0 Å². The quantitative estimate of drug-likeness (QED) is 0.915. The van der Waals surface area contributed by atoms with Crippen LogP contribution < -0.4 is 10.1 Å². The second-order valence-electron chi connectivity index (χ2n) is 5.33. The molecule has 0 spiro atoms. The number of nitrogens with zero attached hydrogens (tertiary/aromatic N) is 1. The molecular formula is C16H19FN2O. The van der Waals surface area contributed by atoms with Crippen molar-refractivity contribution in [3.63, 3.8) is 0 Å². The molecule has 0 radical (unpaired) electrons. The highest BCUT2D eigenvalue weighted by Crippen LogP contribution is 2.37. The van der Waals surface area contributed by atoms with E-state index in [1.54, 1.807) is 6.07 Å². The van der Waals surface area contributed by atoms with Gasteiger partial charge in [-0.1, -0.05) is 12.8 Å². The Labute approximate surface area is 118 Å². The van der Waals surface area contributed by atoms with Gasteiger partial charge in [-0.3, -0.25) is 4.98 Å². The Balaban J connectivity index is 2.17. The van der Waals surface area contributed by atoms with E-state index in [2.05, 4.69) is 16.4 Å². The number of methoxy groups -OCH3 is 1. The fourth-order valence-electron chi connectivity index (χ4n) is 3.04. The first-order valence-electron chi connectivity index (χ1n) is 7.09. The molecule has 0 amide bonds. The molecule has 1 fully saturated rings. The van der Waals surface area contributed by atoms with E-state index in [1.807, 2.05) is 7.05 Å². The van der Waals surface area contributed by atoms with E-state index in [4.69, 9.17) is 4.74 Å². The highest BCUT2D eigenvalue weighted by atomic mass is 19.1. The van der Waals surface area contributed by atoms with Crippen molar-refractivity contribution in [2.24, 2.45) is 0 Å². The molecule has 1 aliphatic carbocycles. The SMILES string of the molecule is CNc1cc(C2CCCC2)nc2cc(F)c(OC)cc12. The number of ether oxygens (including phenoxy) is 1. The molecule has 3 rings (SSSR count). The maximum absolute atomic E-state index is 13.9. The number of benzene rings is 1. The van der Waals surface area contributed by atoms with Gasteiger partial charge in [-0.2, -0.15) is 0 Å². The molecule has 0 saturated heterocycles. The third-order valence-electron chi connectivity index (χ3n) is 4.14. The van der Waals surface area contributed by atoms with Crippen molar-refractivity contribution in [3.05, 3.63) is 29.7 Å². The second-order valence-corrected chi connectivity index (χ2v) is 5.33. The van der Waals surface area contributed by atoms with Crippen LogP contribution in [0.15, 0.2) is 18.2 Å². The number of halogens is 1. The van der Waals surface area contributed by atoms with Crippen molar-refractivity contribution in [2.45, 2.75) is 31.6 Å². The Kier molecular flexibility index (Phi) is 3.47. The number of rotatable bonds is 3.